The van der Waals surface area contributed by atoms with Crippen LogP contribution in [0.1, 0.15) is 29.9 Å². The molecule has 0 spiro atoms. The van der Waals surface area contributed by atoms with Gasteiger partial charge in [0.1, 0.15) is 0 Å². The molecule has 1 aromatic heterocycles. The van der Waals surface area contributed by atoms with Gasteiger partial charge in [-0.3, -0.25) is 4.68 Å². The van der Waals surface area contributed by atoms with Crippen LogP contribution >= 0.6 is 0 Å². The van der Waals surface area contributed by atoms with E-state index in [0.717, 1.165) is 13.0 Å². The van der Waals surface area contributed by atoms with Crippen molar-refractivity contribution in [1.82, 2.24) is 15.1 Å². The van der Waals surface area contributed by atoms with Crippen LogP contribution < -0.4 is 5.32 Å². The van der Waals surface area contributed by atoms with Gasteiger partial charge in [-0.05, 0) is 43.4 Å². The van der Waals surface area contributed by atoms with Crippen LogP contribution in [-0.2, 0) is 13.5 Å². The minimum Gasteiger partial charge on any atom is -0.319 e. The summed E-state index contributed by atoms with van der Waals surface area (Å²) in [5.74, 6) is 0.600. The van der Waals surface area contributed by atoms with E-state index in [1.165, 1.54) is 24.0 Å². The molecule has 0 aliphatic carbocycles. The number of rotatable bonds is 7. The molecule has 1 heterocycles. The first-order valence-corrected chi connectivity index (χ1v) is 6.96. The molecule has 0 saturated carbocycles. The van der Waals surface area contributed by atoms with Crippen molar-refractivity contribution in [3.8, 4) is 0 Å². The van der Waals surface area contributed by atoms with Gasteiger partial charge in [0.15, 0.2) is 0 Å². The second-order valence-corrected chi connectivity index (χ2v) is 5.08. The van der Waals surface area contributed by atoms with E-state index in [1.54, 1.807) is 0 Å². The standard InChI is InChI=1S/C16H23N3/c1-17-12-16(15-8-4-3-5-9-15)10-6-7-14-11-18-19(2)13-14/h3-5,8-9,11,13,16-17H,6-7,10,12H2,1-2H3. The fourth-order valence-electron chi connectivity index (χ4n) is 2.51. The number of aromatic nitrogens is 2. The van der Waals surface area contributed by atoms with Crippen LogP contribution in [0.5, 0.6) is 0 Å². The molecule has 0 saturated heterocycles. The Bertz CT molecular complexity index is 476. The summed E-state index contributed by atoms with van der Waals surface area (Å²) < 4.78 is 1.87. The maximum absolute atomic E-state index is 4.21. The highest BCUT2D eigenvalue weighted by Gasteiger charge is 2.10. The quantitative estimate of drug-likeness (QED) is 0.826. The topological polar surface area (TPSA) is 29.9 Å². The summed E-state index contributed by atoms with van der Waals surface area (Å²) in [6.07, 6.45) is 7.60. The van der Waals surface area contributed by atoms with E-state index in [2.05, 4.69) is 46.9 Å². The SMILES string of the molecule is CNCC(CCCc1cnn(C)c1)c1ccccc1. The summed E-state index contributed by atoms with van der Waals surface area (Å²) in [5, 5.41) is 7.52. The maximum atomic E-state index is 4.21. The average molecular weight is 257 g/mol. The summed E-state index contributed by atoms with van der Waals surface area (Å²) in [6.45, 7) is 1.04. The van der Waals surface area contributed by atoms with E-state index in [1.807, 2.05) is 25.0 Å². The molecule has 19 heavy (non-hydrogen) atoms. The van der Waals surface area contributed by atoms with Crippen molar-refractivity contribution < 1.29 is 0 Å². The summed E-state index contributed by atoms with van der Waals surface area (Å²) in [7, 11) is 3.99. The van der Waals surface area contributed by atoms with Gasteiger partial charge in [0, 0.05) is 19.8 Å². The molecule has 1 N–H and O–H groups in total. The maximum Gasteiger partial charge on any atom is 0.0521 e. The molecule has 102 valence electrons. The molecule has 0 fully saturated rings. The predicted molar refractivity (Wildman–Crippen MR) is 79.3 cm³/mol. The highest BCUT2D eigenvalue weighted by molar-refractivity contribution is 5.20. The molecule has 0 amide bonds. The third-order valence-electron chi connectivity index (χ3n) is 3.50. The van der Waals surface area contributed by atoms with Gasteiger partial charge in [-0.25, -0.2) is 0 Å². The number of nitrogens with one attached hydrogen (secondary N) is 1. The van der Waals surface area contributed by atoms with Gasteiger partial charge in [0.05, 0.1) is 6.20 Å². The van der Waals surface area contributed by atoms with Gasteiger partial charge in [-0.1, -0.05) is 30.3 Å². The zero-order valence-electron chi connectivity index (χ0n) is 11.8. The molecule has 2 rings (SSSR count). The largest absolute Gasteiger partial charge is 0.319 e. The molecule has 0 aliphatic rings. The van der Waals surface area contributed by atoms with Crippen LogP contribution in [-0.4, -0.2) is 23.4 Å². The zero-order chi connectivity index (χ0) is 13.5. The predicted octanol–water partition coefficient (Wildman–Crippen LogP) is 2.75. The summed E-state index contributed by atoms with van der Waals surface area (Å²) in [4.78, 5) is 0. The zero-order valence-corrected chi connectivity index (χ0v) is 11.8. The molecule has 1 atom stereocenters. The Balaban J connectivity index is 1.87. The number of hydrogen-bond acceptors (Lipinski definition) is 2. The number of aryl methyl sites for hydroxylation is 2. The van der Waals surface area contributed by atoms with Gasteiger partial charge in [-0.15, -0.1) is 0 Å². The normalized spacial score (nSPS) is 12.5. The van der Waals surface area contributed by atoms with Crippen molar-refractivity contribution >= 4 is 0 Å². The molecule has 1 unspecified atom stereocenters. The van der Waals surface area contributed by atoms with Crippen LogP contribution in [0.4, 0.5) is 0 Å². The van der Waals surface area contributed by atoms with Crippen LogP contribution in [0.2, 0.25) is 0 Å². The highest BCUT2D eigenvalue weighted by atomic mass is 15.2. The van der Waals surface area contributed by atoms with E-state index in [4.69, 9.17) is 0 Å². The number of hydrogen-bond donors (Lipinski definition) is 1. The first-order chi connectivity index (χ1) is 9.29. The van der Waals surface area contributed by atoms with Gasteiger partial charge in [-0.2, -0.15) is 5.10 Å². The van der Waals surface area contributed by atoms with E-state index in [0.29, 0.717) is 5.92 Å². The Kier molecular flexibility index (Phi) is 5.16. The van der Waals surface area contributed by atoms with E-state index < -0.39 is 0 Å². The Morgan fingerprint density at radius 3 is 2.68 bits per heavy atom. The summed E-state index contributed by atoms with van der Waals surface area (Å²) in [6, 6.07) is 10.8. The van der Waals surface area contributed by atoms with Crippen molar-refractivity contribution in [3.05, 3.63) is 53.9 Å². The van der Waals surface area contributed by atoms with Gasteiger partial charge < -0.3 is 5.32 Å². The fourth-order valence-corrected chi connectivity index (χ4v) is 2.51. The molecule has 3 heteroatoms. The van der Waals surface area contributed by atoms with E-state index in [9.17, 15) is 0 Å². The Hall–Kier alpha value is -1.61. The summed E-state index contributed by atoms with van der Waals surface area (Å²) >= 11 is 0. The molecule has 0 radical (unpaired) electrons. The van der Waals surface area contributed by atoms with Crippen molar-refractivity contribution in [2.24, 2.45) is 7.05 Å². The second kappa shape index (κ2) is 7.10. The number of benzene rings is 1. The lowest BCUT2D eigenvalue weighted by atomic mass is 9.93. The molecule has 2 aromatic rings. The summed E-state index contributed by atoms with van der Waals surface area (Å²) in [5.41, 5.74) is 2.77. The Morgan fingerprint density at radius 1 is 1.26 bits per heavy atom. The Labute approximate surface area is 115 Å². The lowest BCUT2D eigenvalue weighted by Gasteiger charge is -2.16. The fraction of sp³-hybridized carbons (Fsp3) is 0.438. The first kappa shape index (κ1) is 13.8. The van der Waals surface area contributed by atoms with Gasteiger partial charge in [0.25, 0.3) is 0 Å². The van der Waals surface area contributed by atoms with E-state index in [-0.39, 0.29) is 0 Å². The van der Waals surface area contributed by atoms with Crippen LogP contribution in [0, 0.1) is 0 Å². The van der Waals surface area contributed by atoms with Crippen molar-refractivity contribution in [2.75, 3.05) is 13.6 Å². The lowest BCUT2D eigenvalue weighted by molar-refractivity contribution is 0.560. The van der Waals surface area contributed by atoms with Crippen LogP contribution in [0.15, 0.2) is 42.7 Å². The van der Waals surface area contributed by atoms with Gasteiger partial charge in [0.2, 0.25) is 0 Å². The third kappa shape index (κ3) is 4.21. The lowest BCUT2D eigenvalue weighted by Crippen LogP contribution is -2.17. The molecular weight excluding hydrogens is 234 g/mol. The monoisotopic (exact) mass is 257 g/mol. The van der Waals surface area contributed by atoms with E-state index >= 15 is 0 Å². The molecule has 1 aromatic carbocycles. The van der Waals surface area contributed by atoms with Crippen molar-refractivity contribution in [1.29, 1.82) is 0 Å². The molecule has 0 bridgehead atoms. The number of nitrogens with zero attached hydrogens (tertiary/aromatic N) is 2. The third-order valence-corrected chi connectivity index (χ3v) is 3.50. The minimum atomic E-state index is 0.600. The Morgan fingerprint density at radius 2 is 2.05 bits per heavy atom. The smallest absolute Gasteiger partial charge is 0.0521 e. The second-order valence-electron chi connectivity index (χ2n) is 5.08. The number of likely N-dealkylation sites (N-methyl/N-ethyl adjacent to an activating group) is 1. The van der Waals surface area contributed by atoms with Crippen LogP contribution in [0.25, 0.3) is 0 Å². The highest BCUT2D eigenvalue weighted by Crippen LogP contribution is 2.21. The van der Waals surface area contributed by atoms with Crippen molar-refractivity contribution in [2.45, 2.75) is 25.2 Å². The molecule has 3 nitrogen and oxygen atoms in total. The minimum absolute atomic E-state index is 0.600. The molecule has 0 aliphatic heterocycles. The van der Waals surface area contributed by atoms with Crippen molar-refractivity contribution in [3.63, 3.8) is 0 Å². The van der Waals surface area contributed by atoms with Gasteiger partial charge >= 0.3 is 0 Å². The first-order valence-electron chi connectivity index (χ1n) is 6.96. The average Bonchev–Trinajstić information content (AvgIpc) is 2.84. The van der Waals surface area contributed by atoms with Crippen LogP contribution in [0.3, 0.4) is 0 Å². The molecular formula is C16H23N3.